The number of ketones is 1. The first-order valence-corrected chi connectivity index (χ1v) is 6.74. The van der Waals surface area contributed by atoms with E-state index in [1.165, 1.54) is 6.07 Å². The van der Waals surface area contributed by atoms with Crippen molar-refractivity contribution in [2.45, 2.75) is 26.2 Å². The second-order valence-electron chi connectivity index (χ2n) is 5.21. The van der Waals surface area contributed by atoms with Gasteiger partial charge in [-0.25, -0.2) is 9.18 Å². The van der Waals surface area contributed by atoms with Gasteiger partial charge in [0.05, 0.1) is 17.0 Å². The quantitative estimate of drug-likeness (QED) is 0.673. The van der Waals surface area contributed by atoms with Crippen LogP contribution in [0.1, 0.15) is 31.9 Å². The molecule has 1 aromatic carbocycles. The van der Waals surface area contributed by atoms with Crippen LogP contribution in [0.15, 0.2) is 17.7 Å². The maximum absolute atomic E-state index is 13.6. The van der Waals surface area contributed by atoms with Crippen LogP contribution in [-0.2, 0) is 19.7 Å². The minimum atomic E-state index is -1.17. The number of carbonyl (C=O) groups excluding carboxylic acids is 2. The molecule has 0 fully saturated rings. The van der Waals surface area contributed by atoms with Gasteiger partial charge in [-0.05, 0) is 38.5 Å². The summed E-state index contributed by atoms with van der Waals surface area (Å²) in [5.74, 6) is -2.75. The normalized spacial score (nSPS) is 16.7. The molecule has 4 nitrogen and oxygen atoms in total. The van der Waals surface area contributed by atoms with Gasteiger partial charge in [-0.1, -0.05) is 11.6 Å². The molecular formula is C15H14ClFO4. The van der Waals surface area contributed by atoms with Gasteiger partial charge in [0.2, 0.25) is 0 Å². The topological polar surface area (TPSA) is 63.6 Å². The number of ether oxygens (including phenoxy) is 1. The minimum Gasteiger partial charge on any atom is -0.506 e. The van der Waals surface area contributed by atoms with Crippen LogP contribution in [0.5, 0.6) is 0 Å². The highest BCUT2D eigenvalue weighted by atomic mass is 35.5. The Morgan fingerprint density at radius 2 is 2.05 bits per heavy atom. The van der Waals surface area contributed by atoms with E-state index in [0.717, 1.165) is 6.07 Å². The van der Waals surface area contributed by atoms with Crippen molar-refractivity contribution in [1.82, 2.24) is 0 Å². The van der Waals surface area contributed by atoms with E-state index in [1.807, 2.05) is 0 Å². The maximum Gasteiger partial charge on any atom is 0.345 e. The third-order valence-corrected chi connectivity index (χ3v) is 3.79. The highest BCUT2D eigenvalue weighted by Crippen LogP contribution is 2.41. The van der Waals surface area contributed by atoms with Crippen molar-refractivity contribution in [2.24, 2.45) is 0 Å². The van der Waals surface area contributed by atoms with Crippen molar-refractivity contribution >= 4 is 29.1 Å². The summed E-state index contributed by atoms with van der Waals surface area (Å²) >= 11 is 5.72. The summed E-state index contributed by atoms with van der Waals surface area (Å²) in [6, 6.07) is 2.31. The van der Waals surface area contributed by atoms with E-state index < -0.39 is 34.3 Å². The Balaban J connectivity index is 2.76. The first-order chi connectivity index (χ1) is 9.71. The van der Waals surface area contributed by atoms with Gasteiger partial charge in [-0.15, -0.1) is 0 Å². The molecule has 0 amide bonds. The van der Waals surface area contributed by atoms with E-state index in [0.29, 0.717) is 0 Å². The summed E-state index contributed by atoms with van der Waals surface area (Å²) in [4.78, 5) is 24.4. The smallest absolute Gasteiger partial charge is 0.345 e. The zero-order valence-electron chi connectivity index (χ0n) is 11.8. The number of fused-ring (bicyclic) bond motifs is 1. The predicted octanol–water partition coefficient (Wildman–Crippen LogP) is 3.17. The van der Waals surface area contributed by atoms with Crippen LogP contribution in [0.4, 0.5) is 4.39 Å². The Kier molecular flexibility index (Phi) is 3.80. The monoisotopic (exact) mass is 312 g/mol. The fourth-order valence-electron chi connectivity index (χ4n) is 2.33. The zero-order valence-corrected chi connectivity index (χ0v) is 12.5. The van der Waals surface area contributed by atoms with Crippen LogP contribution in [0.3, 0.4) is 0 Å². The molecule has 112 valence electrons. The van der Waals surface area contributed by atoms with Gasteiger partial charge >= 0.3 is 5.97 Å². The Bertz CT molecular complexity index is 676. The number of carbonyl (C=O) groups is 2. The van der Waals surface area contributed by atoms with Gasteiger partial charge in [-0.3, -0.25) is 4.79 Å². The summed E-state index contributed by atoms with van der Waals surface area (Å²) in [6.45, 7) is 4.76. The molecule has 0 atom stereocenters. The van der Waals surface area contributed by atoms with Crippen molar-refractivity contribution in [1.29, 1.82) is 0 Å². The van der Waals surface area contributed by atoms with Gasteiger partial charge in [0.1, 0.15) is 17.1 Å². The summed E-state index contributed by atoms with van der Waals surface area (Å²) in [5.41, 5.74) is -1.17. The molecule has 0 aliphatic heterocycles. The predicted molar refractivity (Wildman–Crippen MR) is 75.6 cm³/mol. The van der Waals surface area contributed by atoms with Crippen molar-refractivity contribution in [2.75, 3.05) is 6.61 Å². The molecule has 0 saturated carbocycles. The molecule has 1 aliphatic carbocycles. The Morgan fingerprint density at radius 1 is 1.43 bits per heavy atom. The average Bonchev–Trinajstić information content (AvgIpc) is 2.40. The SMILES string of the molecule is CCOC(=O)C1=C(O)c2cc(Cl)c(F)cc2C(C)(C)C1=O. The lowest BCUT2D eigenvalue weighted by Crippen LogP contribution is -2.38. The molecule has 1 N–H and O–H groups in total. The lowest BCUT2D eigenvalue weighted by Gasteiger charge is -2.31. The van der Waals surface area contributed by atoms with Crippen molar-refractivity contribution in [3.05, 3.63) is 39.7 Å². The van der Waals surface area contributed by atoms with Crippen LogP contribution >= 0.6 is 11.6 Å². The summed E-state index contributed by atoms with van der Waals surface area (Å²) in [7, 11) is 0. The number of rotatable bonds is 2. The van der Waals surface area contributed by atoms with Gasteiger partial charge in [0.25, 0.3) is 0 Å². The molecule has 1 aliphatic rings. The van der Waals surface area contributed by atoms with Crippen LogP contribution in [0.25, 0.3) is 5.76 Å². The second kappa shape index (κ2) is 5.15. The maximum atomic E-state index is 13.6. The Hall–Kier alpha value is -1.88. The second-order valence-corrected chi connectivity index (χ2v) is 5.62. The number of aliphatic hydroxyl groups is 1. The number of halogens is 2. The molecule has 0 saturated heterocycles. The number of Topliss-reactive ketones (excluding diaryl/α,β-unsaturated/α-hetero) is 1. The Morgan fingerprint density at radius 3 is 2.62 bits per heavy atom. The van der Waals surface area contributed by atoms with Crippen LogP contribution in [0, 0.1) is 5.82 Å². The summed E-state index contributed by atoms with van der Waals surface area (Å²) in [5, 5.41) is 10.0. The molecule has 21 heavy (non-hydrogen) atoms. The molecule has 0 bridgehead atoms. The molecular weight excluding hydrogens is 299 g/mol. The first-order valence-electron chi connectivity index (χ1n) is 6.36. The van der Waals surface area contributed by atoms with Crippen LogP contribution in [-0.4, -0.2) is 23.5 Å². The zero-order chi connectivity index (χ0) is 15.9. The molecule has 2 rings (SSSR count). The minimum absolute atomic E-state index is 0.0698. The molecule has 0 spiro atoms. The Labute approximate surface area is 126 Å². The highest BCUT2D eigenvalue weighted by molar-refractivity contribution is 6.31. The number of hydrogen-bond donors (Lipinski definition) is 1. The van der Waals surface area contributed by atoms with Crippen molar-refractivity contribution in [3.8, 4) is 0 Å². The van der Waals surface area contributed by atoms with Gasteiger partial charge in [0, 0.05) is 5.56 Å². The van der Waals surface area contributed by atoms with Gasteiger partial charge in [0.15, 0.2) is 5.78 Å². The lowest BCUT2D eigenvalue weighted by atomic mass is 9.71. The van der Waals surface area contributed by atoms with Crippen molar-refractivity contribution < 1.29 is 23.8 Å². The molecule has 0 unspecified atom stereocenters. The fraction of sp³-hybridized carbons (Fsp3) is 0.333. The third-order valence-electron chi connectivity index (χ3n) is 3.50. The van der Waals surface area contributed by atoms with E-state index in [4.69, 9.17) is 16.3 Å². The largest absolute Gasteiger partial charge is 0.506 e. The number of benzene rings is 1. The fourth-order valence-corrected chi connectivity index (χ4v) is 2.49. The number of aliphatic hydroxyl groups excluding tert-OH is 1. The number of hydrogen-bond acceptors (Lipinski definition) is 4. The van der Waals surface area contributed by atoms with Crippen molar-refractivity contribution in [3.63, 3.8) is 0 Å². The molecule has 0 heterocycles. The van der Waals surface area contributed by atoms with E-state index in [1.54, 1.807) is 20.8 Å². The van der Waals surface area contributed by atoms with E-state index in [-0.39, 0.29) is 22.8 Å². The average molecular weight is 313 g/mol. The van der Waals surface area contributed by atoms with Gasteiger partial charge in [-0.2, -0.15) is 0 Å². The standard InChI is InChI=1S/C15H14ClFO4/c1-4-21-14(20)11-12(18)7-5-9(16)10(17)6-8(7)15(2,3)13(11)19/h5-6,18H,4H2,1-3H3. The van der Waals surface area contributed by atoms with E-state index >= 15 is 0 Å². The molecule has 6 heteroatoms. The molecule has 0 radical (unpaired) electrons. The highest BCUT2D eigenvalue weighted by Gasteiger charge is 2.44. The van der Waals surface area contributed by atoms with Crippen LogP contribution in [0.2, 0.25) is 5.02 Å². The molecule has 1 aromatic rings. The summed E-state index contributed by atoms with van der Waals surface area (Å²) in [6.07, 6.45) is 0. The van der Waals surface area contributed by atoms with E-state index in [2.05, 4.69) is 0 Å². The third kappa shape index (κ3) is 2.31. The lowest BCUT2D eigenvalue weighted by molar-refractivity contribution is -0.140. The molecule has 0 aromatic heterocycles. The summed E-state index contributed by atoms with van der Waals surface area (Å²) < 4.78 is 18.4. The van der Waals surface area contributed by atoms with Gasteiger partial charge < -0.3 is 9.84 Å². The van der Waals surface area contributed by atoms with Crippen LogP contribution < -0.4 is 0 Å². The number of esters is 1. The van der Waals surface area contributed by atoms with E-state index in [9.17, 15) is 19.1 Å². The first kappa shape index (κ1) is 15.5.